The van der Waals surface area contributed by atoms with Crippen LogP contribution < -0.4 is 5.32 Å². The molecular formula is C12H12N2O. The van der Waals surface area contributed by atoms with E-state index in [0.29, 0.717) is 0 Å². The zero-order chi connectivity index (χ0) is 10.7. The number of carbonyl (C=O) groups excluding carboxylic acids is 1. The maximum Gasteiger partial charge on any atom is 0.168 e. The highest BCUT2D eigenvalue weighted by molar-refractivity contribution is 5.87. The molecule has 1 aliphatic heterocycles. The number of benzene rings is 1. The Bertz CT molecular complexity index is 420. The van der Waals surface area contributed by atoms with Crippen molar-refractivity contribution in [2.75, 3.05) is 6.54 Å². The maximum absolute atomic E-state index is 11.7. The lowest BCUT2D eigenvalue weighted by atomic mass is 9.91. The first kappa shape index (κ1) is 9.88. The van der Waals surface area contributed by atoms with Gasteiger partial charge in [0.05, 0.1) is 18.5 Å². The lowest BCUT2D eigenvalue weighted by molar-refractivity contribution is -0.120. The Morgan fingerprint density at radius 1 is 1.53 bits per heavy atom. The van der Waals surface area contributed by atoms with Gasteiger partial charge >= 0.3 is 0 Å². The van der Waals surface area contributed by atoms with E-state index >= 15 is 0 Å². The highest BCUT2D eigenvalue weighted by Gasteiger charge is 2.24. The van der Waals surface area contributed by atoms with Crippen LogP contribution >= 0.6 is 0 Å². The van der Waals surface area contributed by atoms with Crippen molar-refractivity contribution in [3.05, 3.63) is 35.4 Å². The molecule has 3 nitrogen and oxygen atoms in total. The summed E-state index contributed by atoms with van der Waals surface area (Å²) in [5.41, 5.74) is 2.25. The minimum absolute atomic E-state index is 0.0218. The van der Waals surface area contributed by atoms with Crippen molar-refractivity contribution >= 4 is 5.78 Å². The third kappa shape index (κ3) is 1.90. The molecule has 1 heterocycles. The molecule has 0 radical (unpaired) electrons. The van der Waals surface area contributed by atoms with Crippen LogP contribution in [0.1, 0.15) is 23.6 Å². The number of nitriles is 1. The van der Waals surface area contributed by atoms with Gasteiger partial charge in [-0.05, 0) is 17.5 Å². The van der Waals surface area contributed by atoms with Crippen molar-refractivity contribution in [3.63, 3.8) is 0 Å². The third-order valence-corrected chi connectivity index (χ3v) is 2.68. The lowest BCUT2D eigenvalue weighted by Crippen LogP contribution is -2.34. The van der Waals surface area contributed by atoms with Crippen LogP contribution in [0, 0.1) is 11.3 Å². The molecule has 15 heavy (non-hydrogen) atoms. The quantitative estimate of drug-likeness (QED) is 0.784. The number of nitrogens with one attached hydrogen (secondary N) is 1. The van der Waals surface area contributed by atoms with Crippen molar-refractivity contribution in [3.8, 4) is 6.07 Å². The molecule has 0 bridgehead atoms. The van der Waals surface area contributed by atoms with Gasteiger partial charge in [-0.1, -0.05) is 24.3 Å². The van der Waals surface area contributed by atoms with E-state index < -0.39 is 0 Å². The average Bonchev–Trinajstić information content (AvgIpc) is 2.28. The topological polar surface area (TPSA) is 52.9 Å². The summed E-state index contributed by atoms with van der Waals surface area (Å²) in [6.45, 7) is 0.804. The lowest BCUT2D eigenvalue weighted by Gasteiger charge is -2.25. The molecule has 1 aromatic carbocycles. The summed E-state index contributed by atoms with van der Waals surface area (Å²) >= 11 is 0. The summed E-state index contributed by atoms with van der Waals surface area (Å²) in [7, 11) is 0. The Balaban J connectivity index is 2.30. The van der Waals surface area contributed by atoms with E-state index in [-0.39, 0.29) is 18.2 Å². The fourth-order valence-corrected chi connectivity index (χ4v) is 1.97. The van der Waals surface area contributed by atoms with Crippen LogP contribution in [-0.2, 0) is 11.2 Å². The molecular weight excluding hydrogens is 188 g/mol. The summed E-state index contributed by atoms with van der Waals surface area (Å²) in [6, 6.07) is 9.54. The number of fused-ring (bicyclic) bond motifs is 1. The third-order valence-electron chi connectivity index (χ3n) is 2.68. The Kier molecular flexibility index (Phi) is 2.79. The number of nitrogens with zero attached hydrogens (tertiary/aromatic N) is 1. The van der Waals surface area contributed by atoms with Gasteiger partial charge in [0.25, 0.3) is 0 Å². The van der Waals surface area contributed by atoms with Crippen molar-refractivity contribution in [2.24, 2.45) is 0 Å². The van der Waals surface area contributed by atoms with Gasteiger partial charge in [-0.25, -0.2) is 0 Å². The smallest absolute Gasteiger partial charge is 0.168 e. The first-order valence-corrected chi connectivity index (χ1v) is 5.04. The van der Waals surface area contributed by atoms with Gasteiger partial charge in [0, 0.05) is 6.54 Å². The molecule has 1 aliphatic rings. The van der Waals surface area contributed by atoms with Crippen LogP contribution in [0.5, 0.6) is 0 Å². The van der Waals surface area contributed by atoms with Gasteiger partial charge in [0.2, 0.25) is 0 Å². The molecule has 1 unspecified atom stereocenters. The van der Waals surface area contributed by atoms with E-state index in [1.807, 2.05) is 30.3 Å². The van der Waals surface area contributed by atoms with Crippen LogP contribution in [0.2, 0.25) is 0 Å². The zero-order valence-electron chi connectivity index (χ0n) is 8.36. The molecule has 1 atom stereocenters. The van der Waals surface area contributed by atoms with E-state index in [9.17, 15) is 4.79 Å². The number of hydrogen-bond acceptors (Lipinski definition) is 3. The van der Waals surface area contributed by atoms with E-state index in [1.54, 1.807) is 0 Å². The molecule has 0 saturated heterocycles. The summed E-state index contributed by atoms with van der Waals surface area (Å²) in [5.74, 6) is -0.0374. The van der Waals surface area contributed by atoms with Crippen molar-refractivity contribution in [2.45, 2.75) is 18.9 Å². The van der Waals surface area contributed by atoms with Crippen LogP contribution in [0.15, 0.2) is 24.3 Å². The first-order chi connectivity index (χ1) is 7.33. The highest BCUT2D eigenvalue weighted by Crippen LogP contribution is 2.23. The Morgan fingerprint density at radius 2 is 2.33 bits per heavy atom. The Labute approximate surface area is 88.7 Å². The van der Waals surface area contributed by atoms with Crippen molar-refractivity contribution in [1.82, 2.24) is 5.32 Å². The predicted octanol–water partition coefficient (Wildman–Crippen LogP) is 1.36. The molecule has 1 aromatic rings. The largest absolute Gasteiger partial charge is 0.303 e. The minimum Gasteiger partial charge on any atom is -0.303 e. The van der Waals surface area contributed by atoms with Gasteiger partial charge in [0.1, 0.15) is 0 Å². The van der Waals surface area contributed by atoms with Crippen LogP contribution in [-0.4, -0.2) is 12.3 Å². The van der Waals surface area contributed by atoms with Gasteiger partial charge in [-0.15, -0.1) is 0 Å². The molecule has 1 N–H and O–H groups in total. The van der Waals surface area contributed by atoms with Gasteiger partial charge in [-0.3, -0.25) is 4.79 Å². The standard InChI is InChI=1S/C12H12N2O/c13-7-5-11(15)12-10-4-2-1-3-9(10)6-8-14-12/h1-4,12,14H,5-6,8H2. The van der Waals surface area contributed by atoms with Gasteiger partial charge in [-0.2, -0.15) is 5.26 Å². The fraction of sp³-hybridized carbons (Fsp3) is 0.333. The number of carbonyl (C=O) groups is 1. The molecule has 0 fully saturated rings. The van der Waals surface area contributed by atoms with Crippen molar-refractivity contribution < 1.29 is 4.79 Å². The molecule has 0 aromatic heterocycles. The zero-order valence-corrected chi connectivity index (χ0v) is 8.36. The second kappa shape index (κ2) is 4.24. The summed E-state index contributed by atoms with van der Waals surface area (Å²) in [4.78, 5) is 11.7. The normalized spacial score (nSPS) is 19.0. The summed E-state index contributed by atoms with van der Waals surface area (Å²) in [5, 5.41) is 11.7. The van der Waals surface area contributed by atoms with Crippen LogP contribution in [0.4, 0.5) is 0 Å². The maximum atomic E-state index is 11.7. The van der Waals surface area contributed by atoms with Crippen LogP contribution in [0.3, 0.4) is 0 Å². The summed E-state index contributed by atoms with van der Waals surface area (Å²) < 4.78 is 0. The van der Waals surface area contributed by atoms with E-state index in [1.165, 1.54) is 5.56 Å². The van der Waals surface area contributed by atoms with Gasteiger partial charge in [0.15, 0.2) is 5.78 Å². The Morgan fingerprint density at radius 3 is 3.13 bits per heavy atom. The molecule has 0 saturated carbocycles. The van der Waals surface area contributed by atoms with Gasteiger partial charge < -0.3 is 5.32 Å². The number of rotatable bonds is 2. The summed E-state index contributed by atoms with van der Waals surface area (Å²) in [6.07, 6.45) is 0.929. The molecule has 0 spiro atoms. The fourth-order valence-electron chi connectivity index (χ4n) is 1.97. The molecule has 3 heteroatoms. The number of Topliss-reactive ketones (excluding diaryl/α,β-unsaturated/α-hetero) is 1. The number of hydrogen-bond donors (Lipinski definition) is 1. The average molecular weight is 200 g/mol. The Hall–Kier alpha value is -1.66. The first-order valence-electron chi connectivity index (χ1n) is 5.04. The highest BCUT2D eigenvalue weighted by atomic mass is 16.1. The SMILES string of the molecule is N#CCC(=O)C1NCCc2ccccc21. The predicted molar refractivity (Wildman–Crippen MR) is 56.1 cm³/mol. The monoisotopic (exact) mass is 200 g/mol. The van der Waals surface area contributed by atoms with E-state index in [4.69, 9.17) is 5.26 Å². The minimum atomic E-state index is -0.283. The molecule has 2 rings (SSSR count). The molecule has 0 aliphatic carbocycles. The number of ketones is 1. The molecule has 0 amide bonds. The molecule has 76 valence electrons. The second-order valence-electron chi connectivity index (χ2n) is 3.64. The van der Waals surface area contributed by atoms with E-state index in [2.05, 4.69) is 5.32 Å². The van der Waals surface area contributed by atoms with E-state index in [0.717, 1.165) is 18.5 Å². The second-order valence-corrected chi connectivity index (χ2v) is 3.64. The van der Waals surface area contributed by atoms with Crippen molar-refractivity contribution in [1.29, 1.82) is 5.26 Å². The van der Waals surface area contributed by atoms with Crippen LogP contribution in [0.25, 0.3) is 0 Å².